The minimum absolute atomic E-state index is 0.0758. The van der Waals surface area contributed by atoms with Crippen LogP contribution in [-0.4, -0.2) is 91.7 Å². The normalized spacial score (nSPS) is 18.2. The number of fused-ring (bicyclic) bond motifs is 1. The highest BCUT2D eigenvalue weighted by Crippen LogP contribution is 2.33. The number of aliphatic hydroxyl groups excluding tert-OH is 1. The van der Waals surface area contributed by atoms with E-state index in [1.165, 1.54) is 0 Å². The van der Waals surface area contributed by atoms with E-state index in [0.29, 0.717) is 18.5 Å². The topological polar surface area (TPSA) is 180 Å². The predicted molar refractivity (Wildman–Crippen MR) is 201 cm³/mol. The SMILES string of the molecule is CC(C)(C)NC(=O)[C@@H]1C[C@H](Sc2ccncc2)CCN1CC(O)C(Cc1ccccc1)NC(=O)C(CC(N)=O)NC(=O)c1ccc2ccccc2n1. The third-order valence-electron chi connectivity index (χ3n) is 8.79. The fourth-order valence-corrected chi connectivity index (χ4v) is 7.44. The fourth-order valence-electron chi connectivity index (χ4n) is 6.28. The number of primary amides is 1. The van der Waals surface area contributed by atoms with Crippen LogP contribution in [0.15, 0.2) is 96.2 Å². The molecule has 2 aromatic carbocycles. The van der Waals surface area contributed by atoms with E-state index < -0.39 is 53.9 Å². The Bertz CT molecular complexity index is 1840. The highest BCUT2D eigenvalue weighted by Gasteiger charge is 2.38. The molecule has 3 unspecified atom stereocenters. The average molecular weight is 726 g/mol. The lowest BCUT2D eigenvalue weighted by Gasteiger charge is -2.41. The molecule has 13 heteroatoms. The molecule has 0 radical (unpaired) electrons. The highest BCUT2D eigenvalue weighted by atomic mass is 32.2. The Morgan fingerprint density at radius 3 is 2.38 bits per heavy atom. The summed E-state index contributed by atoms with van der Waals surface area (Å²) >= 11 is 1.71. The van der Waals surface area contributed by atoms with Gasteiger partial charge in [0.15, 0.2) is 0 Å². The first-order valence-electron chi connectivity index (χ1n) is 17.4. The number of thioether (sulfide) groups is 1. The molecule has 3 heterocycles. The van der Waals surface area contributed by atoms with Gasteiger partial charge in [0.25, 0.3) is 5.91 Å². The molecule has 0 spiro atoms. The Morgan fingerprint density at radius 2 is 1.67 bits per heavy atom. The molecule has 52 heavy (non-hydrogen) atoms. The number of hydrogen-bond acceptors (Lipinski definition) is 9. The van der Waals surface area contributed by atoms with Crippen LogP contribution >= 0.6 is 11.8 Å². The first-order chi connectivity index (χ1) is 24.8. The maximum atomic E-state index is 13.9. The number of nitrogens with two attached hydrogens (primary N) is 1. The summed E-state index contributed by atoms with van der Waals surface area (Å²) in [6, 6.07) is 21.2. The van der Waals surface area contributed by atoms with Gasteiger partial charge in [-0.25, -0.2) is 4.98 Å². The molecule has 4 aromatic rings. The van der Waals surface area contributed by atoms with Gasteiger partial charge in [0.1, 0.15) is 11.7 Å². The number of carbonyl (C=O) groups excluding carboxylic acids is 4. The van der Waals surface area contributed by atoms with Crippen LogP contribution < -0.4 is 21.7 Å². The molecular weight excluding hydrogens is 679 g/mol. The largest absolute Gasteiger partial charge is 0.390 e. The number of piperidine rings is 1. The molecule has 1 saturated heterocycles. The number of nitrogens with one attached hydrogen (secondary N) is 3. The van der Waals surface area contributed by atoms with Crippen molar-refractivity contribution in [1.82, 2.24) is 30.8 Å². The van der Waals surface area contributed by atoms with Crippen molar-refractivity contribution in [2.24, 2.45) is 5.73 Å². The van der Waals surface area contributed by atoms with Crippen molar-refractivity contribution in [1.29, 1.82) is 0 Å². The Morgan fingerprint density at radius 1 is 0.962 bits per heavy atom. The van der Waals surface area contributed by atoms with Crippen molar-refractivity contribution in [2.45, 2.75) is 86.4 Å². The maximum absolute atomic E-state index is 13.9. The highest BCUT2D eigenvalue weighted by molar-refractivity contribution is 8.00. The number of hydrogen-bond donors (Lipinski definition) is 5. The van der Waals surface area contributed by atoms with Crippen LogP contribution in [0.5, 0.6) is 0 Å². The van der Waals surface area contributed by atoms with E-state index in [0.717, 1.165) is 22.3 Å². The second-order valence-electron chi connectivity index (χ2n) is 14.2. The minimum Gasteiger partial charge on any atom is -0.390 e. The monoisotopic (exact) mass is 725 g/mol. The standard InChI is InChI=1S/C39H47N7O5S/c1-39(2,3)45-38(51)33-22-28(52-27-15-18-41-19-16-27)17-20-46(33)24-34(47)31(21-25-9-5-4-6-10-25)43-37(50)32(23-35(40)48)44-36(49)30-14-13-26-11-7-8-12-29(26)42-30/h4-16,18-19,28,31-34,47H,17,20-24H2,1-3H3,(H2,40,48)(H,43,50)(H,44,49)(H,45,51)/t28-,31?,32?,33+,34?/m1/s1. The van der Waals surface area contributed by atoms with Gasteiger partial charge in [-0.3, -0.25) is 29.1 Å². The van der Waals surface area contributed by atoms with Crippen molar-refractivity contribution in [3.05, 3.63) is 103 Å². The van der Waals surface area contributed by atoms with Gasteiger partial charge in [-0.15, -0.1) is 11.8 Å². The zero-order chi connectivity index (χ0) is 37.3. The number of carbonyl (C=O) groups is 4. The van der Waals surface area contributed by atoms with E-state index >= 15 is 0 Å². The third-order valence-corrected chi connectivity index (χ3v) is 10.1. The van der Waals surface area contributed by atoms with Crippen LogP contribution in [0.2, 0.25) is 0 Å². The van der Waals surface area contributed by atoms with Gasteiger partial charge in [0.05, 0.1) is 30.1 Å². The second-order valence-corrected chi connectivity index (χ2v) is 15.5. The molecule has 0 saturated carbocycles. The average Bonchev–Trinajstić information content (AvgIpc) is 3.11. The number of β-amino-alcohol motifs (C(OH)–C–C–N with tert-alkyl or cyclic N) is 1. The maximum Gasteiger partial charge on any atom is 0.270 e. The number of likely N-dealkylation sites (tertiary alicyclic amines) is 1. The first-order valence-corrected chi connectivity index (χ1v) is 18.3. The summed E-state index contributed by atoms with van der Waals surface area (Å²) in [7, 11) is 0. The Hall–Kier alpha value is -4.85. The number of pyridine rings is 2. The van der Waals surface area contributed by atoms with Crippen LogP contribution in [0.4, 0.5) is 0 Å². The van der Waals surface area contributed by atoms with Crippen molar-refractivity contribution in [2.75, 3.05) is 13.1 Å². The van der Waals surface area contributed by atoms with E-state index in [1.54, 1.807) is 42.4 Å². The smallest absolute Gasteiger partial charge is 0.270 e. The van der Waals surface area contributed by atoms with Gasteiger partial charge in [-0.05, 0) is 69.9 Å². The molecule has 0 bridgehead atoms. The van der Waals surface area contributed by atoms with Gasteiger partial charge in [0.2, 0.25) is 17.7 Å². The summed E-state index contributed by atoms with van der Waals surface area (Å²) in [5.41, 5.74) is 6.60. The Balaban J connectivity index is 1.34. The summed E-state index contributed by atoms with van der Waals surface area (Å²) < 4.78 is 0. The number of amides is 4. The lowest BCUT2D eigenvalue weighted by atomic mass is 9.96. The van der Waals surface area contributed by atoms with Crippen LogP contribution in [0, 0.1) is 0 Å². The summed E-state index contributed by atoms with van der Waals surface area (Å²) in [5, 5.41) is 21.5. The lowest BCUT2D eigenvalue weighted by molar-refractivity contribution is -0.130. The number of aromatic nitrogens is 2. The number of nitrogens with zero attached hydrogens (tertiary/aromatic N) is 3. The van der Waals surface area contributed by atoms with Gasteiger partial charge in [-0.2, -0.15) is 0 Å². The molecule has 0 aliphatic carbocycles. The molecular formula is C39H47N7O5S. The molecule has 5 rings (SSSR count). The Kier molecular flexibility index (Phi) is 13.0. The molecule has 5 atom stereocenters. The van der Waals surface area contributed by atoms with Crippen LogP contribution in [0.1, 0.15) is 56.1 Å². The lowest BCUT2D eigenvalue weighted by Crippen LogP contribution is -2.60. The number of benzene rings is 2. The van der Waals surface area contributed by atoms with Crippen molar-refractivity contribution < 1.29 is 24.3 Å². The second kappa shape index (κ2) is 17.6. The van der Waals surface area contributed by atoms with Crippen LogP contribution in [0.25, 0.3) is 10.9 Å². The molecule has 4 amide bonds. The summed E-state index contributed by atoms with van der Waals surface area (Å²) in [6.45, 7) is 6.43. The molecule has 12 nitrogen and oxygen atoms in total. The summed E-state index contributed by atoms with van der Waals surface area (Å²) in [6.07, 6.45) is 3.51. The van der Waals surface area contributed by atoms with Gasteiger partial charge >= 0.3 is 0 Å². The van der Waals surface area contributed by atoms with Crippen LogP contribution in [0.3, 0.4) is 0 Å². The molecule has 1 aliphatic heterocycles. The quantitative estimate of drug-likeness (QED) is 0.131. The zero-order valence-corrected chi connectivity index (χ0v) is 30.5. The van der Waals surface area contributed by atoms with E-state index in [2.05, 4.69) is 25.9 Å². The van der Waals surface area contributed by atoms with Crippen molar-refractivity contribution in [3.8, 4) is 0 Å². The van der Waals surface area contributed by atoms with Crippen molar-refractivity contribution >= 4 is 46.3 Å². The number of para-hydroxylation sites is 1. The summed E-state index contributed by atoms with van der Waals surface area (Å²) in [4.78, 5) is 64.5. The fraction of sp³-hybridized carbons (Fsp3) is 0.385. The van der Waals surface area contributed by atoms with E-state index in [4.69, 9.17) is 5.73 Å². The summed E-state index contributed by atoms with van der Waals surface area (Å²) in [5.74, 6) is -2.24. The molecule has 6 N–H and O–H groups in total. The first kappa shape index (κ1) is 38.4. The van der Waals surface area contributed by atoms with Gasteiger partial charge in [-0.1, -0.05) is 54.6 Å². The zero-order valence-electron chi connectivity index (χ0n) is 29.7. The molecule has 274 valence electrons. The third kappa shape index (κ3) is 11.1. The molecule has 2 aromatic heterocycles. The molecule has 1 fully saturated rings. The van der Waals surface area contributed by atoms with E-state index in [-0.39, 0.29) is 29.8 Å². The van der Waals surface area contributed by atoms with Gasteiger partial charge in [0, 0.05) is 46.6 Å². The van der Waals surface area contributed by atoms with E-state index in [1.807, 2.05) is 86.3 Å². The van der Waals surface area contributed by atoms with Crippen LogP contribution in [-0.2, 0) is 20.8 Å². The Labute approximate surface area is 308 Å². The predicted octanol–water partition coefficient (Wildman–Crippen LogP) is 3.23. The number of aliphatic hydroxyl groups is 1. The van der Waals surface area contributed by atoms with Crippen molar-refractivity contribution in [3.63, 3.8) is 0 Å². The van der Waals surface area contributed by atoms with Gasteiger partial charge < -0.3 is 26.8 Å². The van der Waals surface area contributed by atoms with E-state index in [9.17, 15) is 24.3 Å². The number of rotatable bonds is 14. The molecule has 1 aliphatic rings. The minimum atomic E-state index is -1.32.